The minimum absolute atomic E-state index is 0.110. The molecule has 0 aliphatic carbocycles. The van der Waals surface area contributed by atoms with Crippen LogP contribution in [-0.2, 0) is 4.74 Å². The average molecular weight is 255 g/mol. The van der Waals surface area contributed by atoms with E-state index in [0.717, 1.165) is 0 Å². The molecular weight excluding hydrogens is 237 g/mol. The molecular formula is C13H18FNO3. The normalized spacial score (nSPS) is 10.5. The molecule has 0 aliphatic rings. The first-order valence-corrected chi connectivity index (χ1v) is 5.78. The number of carbonyl (C=O) groups is 1. The van der Waals surface area contributed by atoms with Gasteiger partial charge in [-0.3, -0.25) is 4.79 Å². The Balaban J connectivity index is 2.68. The van der Waals surface area contributed by atoms with Crippen LogP contribution in [0.4, 0.5) is 4.39 Å². The largest absolute Gasteiger partial charge is 0.488 e. The summed E-state index contributed by atoms with van der Waals surface area (Å²) in [7, 11) is 1.55. The first-order valence-electron chi connectivity index (χ1n) is 5.78. The Bertz CT molecular complexity index is 407. The third kappa shape index (κ3) is 4.33. The van der Waals surface area contributed by atoms with Gasteiger partial charge in [-0.15, -0.1) is 0 Å². The molecule has 0 saturated heterocycles. The van der Waals surface area contributed by atoms with E-state index in [0.29, 0.717) is 13.2 Å². The zero-order valence-corrected chi connectivity index (χ0v) is 10.8. The Morgan fingerprint density at radius 3 is 2.72 bits per heavy atom. The van der Waals surface area contributed by atoms with Gasteiger partial charge in [0.05, 0.1) is 12.7 Å². The van der Waals surface area contributed by atoms with Crippen molar-refractivity contribution in [3.63, 3.8) is 0 Å². The molecule has 0 fully saturated rings. The van der Waals surface area contributed by atoms with E-state index >= 15 is 0 Å². The molecule has 0 spiro atoms. The molecule has 18 heavy (non-hydrogen) atoms. The average Bonchev–Trinajstić information content (AvgIpc) is 2.31. The summed E-state index contributed by atoms with van der Waals surface area (Å²) in [5.74, 6) is -0.719. The van der Waals surface area contributed by atoms with E-state index in [2.05, 4.69) is 5.32 Å². The number of nitrogens with one attached hydrogen (secondary N) is 1. The smallest absolute Gasteiger partial charge is 0.251 e. The maximum Gasteiger partial charge on any atom is 0.251 e. The fourth-order valence-corrected chi connectivity index (χ4v) is 1.36. The quantitative estimate of drug-likeness (QED) is 0.791. The summed E-state index contributed by atoms with van der Waals surface area (Å²) in [5.41, 5.74) is 0.264. The van der Waals surface area contributed by atoms with Gasteiger partial charge in [0.1, 0.15) is 0 Å². The van der Waals surface area contributed by atoms with E-state index in [9.17, 15) is 9.18 Å². The Hall–Kier alpha value is -1.62. The summed E-state index contributed by atoms with van der Waals surface area (Å²) in [5, 5.41) is 2.62. The molecule has 5 heteroatoms. The van der Waals surface area contributed by atoms with E-state index in [4.69, 9.17) is 9.47 Å². The van der Waals surface area contributed by atoms with Gasteiger partial charge in [0, 0.05) is 19.2 Å². The lowest BCUT2D eigenvalue weighted by Gasteiger charge is -2.11. The van der Waals surface area contributed by atoms with Crippen molar-refractivity contribution < 1.29 is 18.7 Å². The van der Waals surface area contributed by atoms with Gasteiger partial charge < -0.3 is 14.8 Å². The number of benzene rings is 1. The maximum atomic E-state index is 13.6. The van der Waals surface area contributed by atoms with Crippen LogP contribution in [0.3, 0.4) is 0 Å². The Labute approximate surface area is 106 Å². The topological polar surface area (TPSA) is 47.6 Å². The van der Waals surface area contributed by atoms with E-state index in [1.165, 1.54) is 18.2 Å². The number of rotatable bonds is 6. The van der Waals surface area contributed by atoms with Crippen molar-refractivity contribution in [3.8, 4) is 5.75 Å². The summed E-state index contributed by atoms with van der Waals surface area (Å²) in [6.07, 6.45) is -0.110. The molecule has 0 atom stereocenters. The summed E-state index contributed by atoms with van der Waals surface area (Å²) in [6, 6.07) is 4.16. The van der Waals surface area contributed by atoms with Crippen LogP contribution in [0.5, 0.6) is 5.75 Å². The minimum atomic E-state index is -0.539. The lowest BCUT2D eigenvalue weighted by Crippen LogP contribution is -2.27. The summed E-state index contributed by atoms with van der Waals surface area (Å²) in [4.78, 5) is 11.6. The van der Waals surface area contributed by atoms with Crippen molar-refractivity contribution in [2.45, 2.75) is 20.0 Å². The van der Waals surface area contributed by atoms with Crippen LogP contribution in [0.15, 0.2) is 18.2 Å². The van der Waals surface area contributed by atoms with Crippen molar-refractivity contribution in [1.82, 2.24) is 5.32 Å². The summed E-state index contributed by atoms with van der Waals surface area (Å²) in [6.45, 7) is 4.43. The maximum absolute atomic E-state index is 13.6. The fourth-order valence-electron chi connectivity index (χ4n) is 1.36. The number of hydrogen-bond acceptors (Lipinski definition) is 3. The lowest BCUT2D eigenvalue weighted by molar-refractivity contribution is 0.0936. The Kier molecular flexibility index (Phi) is 5.58. The van der Waals surface area contributed by atoms with E-state index in [-0.39, 0.29) is 23.3 Å². The van der Waals surface area contributed by atoms with Crippen LogP contribution in [0.2, 0.25) is 0 Å². The molecule has 0 bridgehead atoms. The van der Waals surface area contributed by atoms with Gasteiger partial charge in [0.15, 0.2) is 11.6 Å². The fraction of sp³-hybridized carbons (Fsp3) is 0.462. The first-order chi connectivity index (χ1) is 8.54. The van der Waals surface area contributed by atoms with E-state index in [1.807, 2.05) is 13.8 Å². The predicted octanol–water partition coefficient (Wildman–Crippen LogP) is 1.99. The Morgan fingerprint density at radius 1 is 1.44 bits per heavy atom. The first kappa shape index (κ1) is 14.4. The van der Waals surface area contributed by atoms with Gasteiger partial charge in [-0.1, -0.05) is 0 Å². The van der Waals surface area contributed by atoms with Crippen LogP contribution in [0, 0.1) is 5.82 Å². The van der Waals surface area contributed by atoms with Crippen LogP contribution in [0.25, 0.3) is 0 Å². The molecule has 1 amide bonds. The second-order valence-electron chi connectivity index (χ2n) is 4.06. The lowest BCUT2D eigenvalue weighted by atomic mass is 10.2. The molecule has 1 rings (SSSR count). The van der Waals surface area contributed by atoms with Gasteiger partial charge in [-0.2, -0.15) is 0 Å². The standard InChI is InChI=1S/C13H18FNO3/c1-9(2)18-12-5-4-10(8-11(12)14)13(16)15-6-7-17-3/h4-5,8-9H,6-7H2,1-3H3,(H,15,16). The molecule has 4 nitrogen and oxygen atoms in total. The van der Waals surface area contributed by atoms with Crippen LogP contribution >= 0.6 is 0 Å². The molecule has 0 aromatic heterocycles. The third-order valence-electron chi connectivity index (χ3n) is 2.15. The molecule has 0 saturated carbocycles. The second-order valence-corrected chi connectivity index (χ2v) is 4.06. The molecule has 0 heterocycles. The van der Waals surface area contributed by atoms with Gasteiger partial charge in [0.25, 0.3) is 5.91 Å². The summed E-state index contributed by atoms with van der Waals surface area (Å²) >= 11 is 0. The van der Waals surface area contributed by atoms with Crippen LogP contribution < -0.4 is 10.1 Å². The van der Waals surface area contributed by atoms with Crippen LogP contribution in [-0.4, -0.2) is 32.3 Å². The van der Waals surface area contributed by atoms with Gasteiger partial charge in [-0.05, 0) is 32.0 Å². The minimum Gasteiger partial charge on any atom is -0.488 e. The number of ether oxygens (including phenoxy) is 2. The third-order valence-corrected chi connectivity index (χ3v) is 2.15. The number of carbonyl (C=O) groups excluding carboxylic acids is 1. The molecule has 1 aromatic carbocycles. The highest BCUT2D eigenvalue weighted by molar-refractivity contribution is 5.94. The van der Waals surface area contributed by atoms with Gasteiger partial charge >= 0.3 is 0 Å². The molecule has 0 aliphatic heterocycles. The van der Waals surface area contributed by atoms with E-state index < -0.39 is 5.82 Å². The number of methoxy groups -OCH3 is 1. The van der Waals surface area contributed by atoms with Gasteiger partial charge in [-0.25, -0.2) is 4.39 Å². The SMILES string of the molecule is COCCNC(=O)c1ccc(OC(C)C)c(F)c1. The molecule has 0 unspecified atom stereocenters. The zero-order chi connectivity index (χ0) is 13.5. The van der Waals surface area contributed by atoms with Crippen molar-refractivity contribution >= 4 is 5.91 Å². The van der Waals surface area contributed by atoms with Crippen molar-refractivity contribution in [3.05, 3.63) is 29.6 Å². The zero-order valence-electron chi connectivity index (χ0n) is 10.8. The number of amides is 1. The molecule has 1 N–H and O–H groups in total. The van der Waals surface area contributed by atoms with Crippen molar-refractivity contribution in [2.75, 3.05) is 20.3 Å². The van der Waals surface area contributed by atoms with Gasteiger partial charge in [0.2, 0.25) is 0 Å². The Morgan fingerprint density at radius 2 is 2.17 bits per heavy atom. The van der Waals surface area contributed by atoms with Crippen molar-refractivity contribution in [2.24, 2.45) is 0 Å². The van der Waals surface area contributed by atoms with Crippen LogP contribution in [0.1, 0.15) is 24.2 Å². The summed E-state index contributed by atoms with van der Waals surface area (Å²) < 4.78 is 23.7. The van der Waals surface area contributed by atoms with E-state index in [1.54, 1.807) is 7.11 Å². The predicted molar refractivity (Wildman–Crippen MR) is 66.4 cm³/mol. The highest BCUT2D eigenvalue weighted by atomic mass is 19.1. The monoisotopic (exact) mass is 255 g/mol. The molecule has 100 valence electrons. The highest BCUT2D eigenvalue weighted by Gasteiger charge is 2.10. The van der Waals surface area contributed by atoms with Crippen molar-refractivity contribution in [1.29, 1.82) is 0 Å². The molecule has 0 radical (unpaired) electrons. The highest BCUT2D eigenvalue weighted by Crippen LogP contribution is 2.19. The second kappa shape index (κ2) is 6.96. The number of halogens is 1. The molecule has 1 aromatic rings. The number of hydrogen-bond donors (Lipinski definition) is 1.